The molecule has 0 amide bonds. The highest BCUT2D eigenvalue weighted by atomic mass is 32.2. The predicted octanol–water partition coefficient (Wildman–Crippen LogP) is 4.42. The summed E-state index contributed by atoms with van der Waals surface area (Å²) in [5, 5.41) is 9.47. The van der Waals surface area contributed by atoms with E-state index in [1.807, 2.05) is 26.8 Å². The lowest BCUT2D eigenvalue weighted by Crippen LogP contribution is -2.37. The first-order chi connectivity index (χ1) is 13.7. The van der Waals surface area contributed by atoms with Crippen LogP contribution in [0.4, 0.5) is 10.2 Å². The van der Waals surface area contributed by atoms with E-state index in [4.69, 9.17) is 5.73 Å². The molecule has 5 nitrogen and oxygen atoms in total. The Bertz CT molecular complexity index is 1120. The largest absolute Gasteiger partial charge is 0.383 e. The van der Waals surface area contributed by atoms with Gasteiger partial charge in [0.15, 0.2) is 0 Å². The number of halogens is 1. The standard InChI is InChI=1S/C22H21FN4OS/c1-22(2,3)27-29(28)15-10-8-14(9-11-15)20-12-17(18(13-24)21(25)26-20)16-6-4-5-7-19(16)23/h4-12,27H,1-3H3,(H2,25,26). The first-order valence-electron chi connectivity index (χ1n) is 8.95. The van der Waals surface area contributed by atoms with Gasteiger partial charge >= 0.3 is 0 Å². The van der Waals surface area contributed by atoms with E-state index in [9.17, 15) is 13.9 Å². The number of nitrogens with one attached hydrogen (secondary N) is 1. The number of nitrogen functional groups attached to an aromatic ring is 1. The third-order valence-corrected chi connectivity index (χ3v) is 5.58. The van der Waals surface area contributed by atoms with Crippen LogP contribution in [-0.4, -0.2) is 14.7 Å². The monoisotopic (exact) mass is 408 g/mol. The molecule has 1 heterocycles. The van der Waals surface area contributed by atoms with Gasteiger partial charge in [-0.15, -0.1) is 0 Å². The number of pyridine rings is 1. The van der Waals surface area contributed by atoms with E-state index >= 15 is 0 Å². The van der Waals surface area contributed by atoms with E-state index < -0.39 is 16.8 Å². The summed E-state index contributed by atoms with van der Waals surface area (Å²) in [6.07, 6.45) is 0. The zero-order chi connectivity index (χ0) is 21.2. The third kappa shape index (κ3) is 4.67. The van der Waals surface area contributed by atoms with Crippen LogP contribution in [0.15, 0.2) is 59.5 Å². The molecule has 0 aliphatic rings. The van der Waals surface area contributed by atoms with Crippen molar-refractivity contribution in [2.75, 3.05) is 5.73 Å². The summed E-state index contributed by atoms with van der Waals surface area (Å²) in [7, 11) is -1.35. The molecular formula is C22H21FN4OS. The number of nitriles is 1. The molecule has 0 aliphatic heterocycles. The van der Waals surface area contributed by atoms with Gasteiger partial charge < -0.3 is 5.73 Å². The molecule has 29 heavy (non-hydrogen) atoms. The Hall–Kier alpha value is -3.08. The molecule has 3 N–H and O–H groups in total. The average Bonchev–Trinajstić information content (AvgIpc) is 2.66. The van der Waals surface area contributed by atoms with Gasteiger partial charge in [0, 0.05) is 22.2 Å². The second-order valence-electron chi connectivity index (χ2n) is 7.55. The van der Waals surface area contributed by atoms with Crippen molar-refractivity contribution < 1.29 is 8.60 Å². The van der Waals surface area contributed by atoms with Crippen molar-refractivity contribution in [3.05, 3.63) is 66.0 Å². The lowest BCUT2D eigenvalue weighted by Gasteiger charge is -2.19. The van der Waals surface area contributed by atoms with Crippen LogP contribution < -0.4 is 10.5 Å². The molecule has 1 unspecified atom stereocenters. The molecule has 1 atom stereocenters. The van der Waals surface area contributed by atoms with Crippen molar-refractivity contribution in [1.29, 1.82) is 5.26 Å². The number of rotatable bonds is 4. The predicted molar refractivity (Wildman–Crippen MR) is 113 cm³/mol. The van der Waals surface area contributed by atoms with Gasteiger partial charge in [0.25, 0.3) is 0 Å². The SMILES string of the molecule is CC(C)(C)NS(=O)c1ccc(-c2cc(-c3ccccc3F)c(C#N)c(N)n2)cc1. The highest BCUT2D eigenvalue weighted by Gasteiger charge is 2.17. The minimum atomic E-state index is -1.35. The molecule has 0 bridgehead atoms. The fraction of sp³-hybridized carbons (Fsp3) is 0.182. The van der Waals surface area contributed by atoms with E-state index in [0.717, 1.165) is 5.56 Å². The van der Waals surface area contributed by atoms with Gasteiger partial charge in [0.05, 0.1) is 10.6 Å². The van der Waals surface area contributed by atoms with Crippen LogP contribution in [0.3, 0.4) is 0 Å². The van der Waals surface area contributed by atoms with Crippen LogP contribution in [0.1, 0.15) is 26.3 Å². The zero-order valence-electron chi connectivity index (χ0n) is 16.4. The molecule has 0 aliphatic carbocycles. The van der Waals surface area contributed by atoms with E-state index in [-0.39, 0.29) is 22.5 Å². The van der Waals surface area contributed by atoms with Crippen LogP contribution >= 0.6 is 0 Å². The highest BCUT2D eigenvalue weighted by molar-refractivity contribution is 7.83. The molecule has 7 heteroatoms. The Kier molecular flexibility index (Phi) is 5.78. The number of nitrogens with two attached hydrogens (primary N) is 1. The van der Waals surface area contributed by atoms with Crippen LogP contribution in [0.5, 0.6) is 0 Å². The summed E-state index contributed by atoms with van der Waals surface area (Å²) < 4.78 is 29.7. The number of nitrogens with zero attached hydrogens (tertiary/aromatic N) is 2. The van der Waals surface area contributed by atoms with E-state index in [2.05, 4.69) is 9.71 Å². The number of hydrogen-bond acceptors (Lipinski definition) is 4. The molecule has 148 valence electrons. The van der Waals surface area contributed by atoms with E-state index in [1.54, 1.807) is 48.5 Å². The Morgan fingerprint density at radius 2 is 1.76 bits per heavy atom. The third-order valence-electron chi connectivity index (χ3n) is 4.09. The smallest absolute Gasteiger partial charge is 0.142 e. The van der Waals surface area contributed by atoms with Crippen molar-refractivity contribution in [1.82, 2.24) is 9.71 Å². The van der Waals surface area contributed by atoms with Gasteiger partial charge in [0.1, 0.15) is 34.3 Å². The number of anilines is 1. The van der Waals surface area contributed by atoms with Crippen LogP contribution in [0, 0.1) is 17.1 Å². The minimum absolute atomic E-state index is 0.0327. The average molecular weight is 409 g/mol. The molecule has 1 aromatic heterocycles. The Balaban J connectivity index is 2.03. The quantitative estimate of drug-likeness (QED) is 0.668. The molecule has 0 saturated heterocycles. The Morgan fingerprint density at radius 3 is 2.34 bits per heavy atom. The summed E-state index contributed by atoms with van der Waals surface area (Å²) in [5.41, 5.74) is 7.72. The highest BCUT2D eigenvalue weighted by Crippen LogP contribution is 2.32. The molecule has 2 aromatic carbocycles. The fourth-order valence-corrected chi connectivity index (χ4v) is 3.87. The summed E-state index contributed by atoms with van der Waals surface area (Å²) in [5.74, 6) is -0.412. The fourth-order valence-electron chi connectivity index (χ4n) is 2.81. The van der Waals surface area contributed by atoms with E-state index in [0.29, 0.717) is 16.2 Å². The van der Waals surface area contributed by atoms with Crippen molar-refractivity contribution in [2.24, 2.45) is 0 Å². The molecular weight excluding hydrogens is 387 g/mol. The normalized spacial score (nSPS) is 12.4. The molecule has 0 fully saturated rings. The van der Waals surface area contributed by atoms with Gasteiger partial charge in [-0.3, -0.25) is 0 Å². The number of hydrogen-bond donors (Lipinski definition) is 2. The van der Waals surface area contributed by atoms with Gasteiger partial charge in [-0.1, -0.05) is 30.3 Å². The summed E-state index contributed by atoms with van der Waals surface area (Å²) >= 11 is 0. The first kappa shape index (κ1) is 20.6. The van der Waals surface area contributed by atoms with Crippen LogP contribution in [-0.2, 0) is 11.0 Å². The lowest BCUT2D eigenvalue weighted by atomic mass is 9.98. The maximum atomic E-state index is 14.3. The zero-order valence-corrected chi connectivity index (χ0v) is 17.2. The molecule has 0 spiro atoms. The van der Waals surface area contributed by atoms with Crippen LogP contribution in [0.2, 0.25) is 0 Å². The van der Waals surface area contributed by atoms with Crippen molar-refractivity contribution in [3.63, 3.8) is 0 Å². The molecule has 0 radical (unpaired) electrons. The van der Waals surface area contributed by atoms with Gasteiger partial charge in [-0.2, -0.15) is 5.26 Å². The van der Waals surface area contributed by atoms with Gasteiger partial charge in [0.2, 0.25) is 0 Å². The molecule has 0 saturated carbocycles. The topological polar surface area (TPSA) is 91.8 Å². The Morgan fingerprint density at radius 1 is 1.10 bits per heavy atom. The van der Waals surface area contributed by atoms with Crippen molar-refractivity contribution >= 4 is 16.8 Å². The first-order valence-corrected chi connectivity index (χ1v) is 10.1. The maximum Gasteiger partial charge on any atom is 0.142 e. The molecule has 3 rings (SSSR count). The van der Waals surface area contributed by atoms with Crippen LogP contribution in [0.25, 0.3) is 22.4 Å². The van der Waals surface area contributed by atoms with Crippen molar-refractivity contribution in [2.45, 2.75) is 31.2 Å². The second-order valence-corrected chi connectivity index (χ2v) is 8.77. The summed E-state index contributed by atoms with van der Waals surface area (Å²) in [4.78, 5) is 4.93. The second kappa shape index (κ2) is 8.11. The van der Waals surface area contributed by atoms with Gasteiger partial charge in [-0.25, -0.2) is 18.3 Å². The number of aromatic nitrogens is 1. The van der Waals surface area contributed by atoms with E-state index in [1.165, 1.54) is 6.07 Å². The van der Waals surface area contributed by atoms with Crippen molar-refractivity contribution in [3.8, 4) is 28.5 Å². The summed E-state index contributed by atoms with van der Waals surface area (Å²) in [6, 6.07) is 16.9. The summed E-state index contributed by atoms with van der Waals surface area (Å²) in [6.45, 7) is 5.81. The Labute approximate surface area is 172 Å². The lowest BCUT2D eigenvalue weighted by molar-refractivity contribution is 0.519. The minimum Gasteiger partial charge on any atom is -0.383 e. The maximum absolute atomic E-state index is 14.3. The number of benzene rings is 2. The van der Waals surface area contributed by atoms with Gasteiger partial charge in [-0.05, 0) is 45.0 Å². The molecule has 3 aromatic rings.